The zero-order valence-electron chi connectivity index (χ0n) is 13.4. The number of rotatable bonds is 4. The van der Waals surface area contributed by atoms with Crippen molar-refractivity contribution < 1.29 is 0 Å². The molecule has 3 heteroatoms. The second-order valence-corrected chi connectivity index (χ2v) is 6.28. The molecule has 0 heterocycles. The van der Waals surface area contributed by atoms with Crippen LogP contribution in [0.1, 0.15) is 29.7 Å². The Bertz CT molecular complexity index is 615. The minimum atomic E-state index is 0.223. The molecule has 21 heavy (non-hydrogen) atoms. The maximum Gasteiger partial charge on any atom is 0.0598 e. The van der Waals surface area contributed by atoms with E-state index in [2.05, 4.69) is 49.2 Å². The van der Waals surface area contributed by atoms with Crippen LogP contribution in [0.15, 0.2) is 36.4 Å². The van der Waals surface area contributed by atoms with E-state index in [0.29, 0.717) is 0 Å². The van der Waals surface area contributed by atoms with E-state index in [0.717, 1.165) is 16.4 Å². The first-order chi connectivity index (χ1) is 9.86. The zero-order chi connectivity index (χ0) is 15.6. The van der Waals surface area contributed by atoms with Gasteiger partial charge in [-0.2, -0.15) is 0 Å². The molecule has 0 radical (unpaired) electrons. The second-order valence-electron chi connectivity index (χ2n) is 5.84. The van der Waals surface area contributed by atoms with Gasteiger partial charge in [0.1, 0.15) is 0 Å². The molecule has 2 aromatic rings. The smallest absolute Gasteiger partial charge is 0.0598 e. The van der Waals surface area contributed by atoms with Gasteiger partial charge in [0, 0.05) is 25.2 Å². The largest absolute Gasteiger partial charge is 0.377 e. The molecule has 1 unspecified atom stereocenters. The monoisotopic (exact) mass is 302 g/mol. The molecule has 112 valence electrons. The number of halogens is 1. The van der Waals surface area contributed by atoms with E-state index in [1.54, 1.807) is 0 Å². The fraction of sp³-hybridized carbons (Fsp3) is 0.333. The summed E-state index contributed by atoms with van der Waals surface area (Å²) in [5.41, 5.74) is 6.06. The molecule has 0 aliphatic heterocycles. The highest BCUT2D eigenvalue weighted by Crippen LogP contribution is 2.31. The highest BCUT2D eigenvalue weighted by molar-refractivity contribution is 6.31. The Hall–Kier alpha value is -1.67. The van der Waals surface area contributed by atoms with Gasteiger partial charge in [-0.05, 0) is 44.5 Å². The number of benzene rings is 2. The van der Waals surface area contributed by atoms with Crippen LogP contribution in [-0.4, -0.2) is 14.1 Å². The summed E-state index contributed by atoms with van der Waals surface area (Å²) in [6.07, 6.45) is 0. The summed E-state index contributed by atoms with van der Waals surface area (Å²) < 4.78 is 0. The lowest BCUT2D eigenvalue weighted by atomic mass is 10.0. The van der Waals surface area contributed by atoms with Gasteiger partial charge in [-0.15, -0.1) is 0 Å². The highest BCUT2D eigenvalue weighted by Gasteiger charge is 2.11. The Morgan fingerprint density at radius 1 is 1.00 bits per heavy atom. The molecule has 0 aromatic heterocycles. The average molecular weight is 303 g/mol. The minimum Gasteiger partial charge on any atom is -0.377 e. The van der Waals surface area contributed by atoms with Gasteiger partial charge in [-0.3, -0.25) is 0 Å². The van der Waals surface area contributed by atoms with E-state index in [1.807, 2.05) is 32.3 Å². The van der Waals surface area contributed by atoms with Gasteiger partial charge in [0.15, 0.2) is 0 Å². The van der Waals surface area contributed by atoms with Gasteiger partial charge in [0.05, 0.1) is 11.4 Å². The molecule has 0 aliphatic carbocycles. The number of hydrogen-bond donors (Lipinski definition) is 1. The molecule has 2 aromatic carbocycles. The zero-order valence-corrected chi connectivity index (χ0v) is 14.1. The van der Waals surface area contributed by atoms with Crippen molar-refractivity contribution in [1.29, 1.82) is 0 Å². The first kappa shape index (κ1) is 15.7. The number of anilines is 2. The molecular weight excluding hydrogens is 280 g/mol. The van der Waals surface area contributed by atoms with Crippen molar-refractivity contribution >= 4 is 23.0 Å². The van der Waals surface area contributed by atoms with Crippen LogP contribution in [0.3, 0.4) is 0 Å². The summed E-state index contributed by atoms with van der Waals surface area (Å²) in [5, 5.41) is 4.32. The van der Waals surface area contributed by atoms with E-state index < -0.39 is 0 Å². The van der Waals surface area contributed by atoms with Gasteiger partial charge in [0.2, 0.25) is 0 Å². The summed E-state index contributed by atoms with van der Waals surface area (Å²) in [5.74, 6) is 0. The van der Waals surface area contributed by atoms with Crippen molar-refractivity contribution in [2.45, 2.75) is 26.8 Å². The molecule has 2 nitrogen and oxygen atoms in total. The lowest BCUT2D eigenvalue weighted by Gasteiger charge is -2.23. The van der Waals surface area contributed by atoms with Crippen LogP contribution >= 0.6 is 11.6 Å². The maximum absolute atomic E-state index is 6.14. The van der Waals surface area contributed by atoms with Gasteiger partial charge in [-0.25, -0.2) is 0 Å². The number of hydrogen-bond acceptors (Lipinski definition) is 2. The van der Waals surface area contributed by atoms with Crippen molar-refractivity contribution in [3.8, 4) is 0 Å². The predicted octanol–water partition coefficient (Wildman–Crippen LogP) is 5.20. The fourth-order valence-corrected chi connectivity index (χ4v) is 2.76. The molecule has 0 amide bonds. The van der Waals surface area contributed by atoms with Crippen LogP contribution in [0.5, 0.6) is 0 Å². The molecule has 0 fully saturated rings. The third kappa shape index (κ3) is 3.92. The van der Waals surface area contributed by atoms with Crippen LogP contribution in [0.4, 0.5) is 11.4 Å². The summed E-state index contributed by atoms with van der Waals surface area (Å²) in [7, 11) is 4.08. The van der Waals surface area contributed by atoms with Crippen LogP contribution in [0, 0.1) is 13.8 Å². The van der Waals surface area contributed by atoms with Gasteiger partial charge < -0.3 is 10.2 Å². The summed E-state index contributed by atoms with van der Waals surface area (Å²) in [6, 6.07) is 12.8. The van der Waals surface area contributed by atoms with Crippen LogP contribution in [-0.2, 0) is 0 Å². The average Bonchev–Trinajstić information content (AvgIpc) is 2.37. The van der Waals surface area contributed by atoms with E-state index >= 15 is 0 Å². The third-order valence-electron chi connectivity index (χ3n) is 3.56. The van der Waals surface area contributed by atoms with Crippen LogP contribution < -0.4 is 10.2 Å². The summed E-state index contributed by atoms with van der Waals surface area (Å²) in [6.45, 7) is 6.44. The van der Waals surface area contributed by atoms with Crippen molar-refractivity contribution in [2.75, 3.05) is 24.3 Å². The van der Waals surface area contributed by atoms with Crippen molar-refractivity contribution in [3.63, 3.8) is 0 Å². The molecule has 0 saturated carbocycles. The van der Waals surface area contributed by atoms with Crippen molar-refractivity contribution in [1.82, 2.24) is 0 Å². The number of nitrogens with zero attached hydrogens (tertiary/aromatic N) is 1. The summed E-state index contributed by atoms with van der Waals surface area (Å²) in [4.78, 5) is 2.09. The van der Waals surface area contributed by atoms with Gasteiger partial charge in [0.25, 0.3) is 0 Å². The third-order valence-corrected chi connectivity index (χ3v) is 3.79. The molecule has 1 N–H and O–H groups in total. The van der Waals surface area contributed by atoms with E-state index in [9.17, 15) is 0 Å². The highest BCUT2D eigenvalue weighted by atomic mass is 35.5. The Morgan fingerprint density at radius 2 is 1.62 bits per heavy atom. The summed E-state index contributed by atoms with van der Waals surface area (Å²) >= 11 is 6.14. The topological polar surface area (TPSA) is 15.3 Å². The normalized spacial score (nSPS) is 12.1. The van der Waals surface area contributed by atoms with E-state index in [-0.39, 0.29) is 6.04 Å². The lowest BCUT2D eigenvalue weighted by Crippen LogP contribution is -2.14. The van der Waals surface area contributed by atoms with Gasteiger partial charge in [-0.1, -0.05) is 40.9 Å². The Kier molecular flexibility index (Phi) is 4.79. The Morgan fingerprint density at radius 3 is 2.19 bits per heavy atom. The molecule has 0 bridgehead atoms. The first-order valence-corrected chi connectivity index (χ1v) is 7.56. The van der Waals surface area contributed by atoms with Crippen LogP contribution in [0.25, 0.3) is 0 Å². The molecular formula is C18H23ClN2. The molecule has 1 atom stereocenters. The SMILES string of the molecule is Cc1cc(C)cc(C(C)Nc2cc(Cl)ccc2N(C)C)c1. The maximum atomic E-state index is 6.14. The Labute approximate surface area is 132 Å². The fourth-order valence-electron chi connectivity index (χ4n) is 2.59. The van der Waals surface area contributed by atoms with E-state index in [1.165, 1.54) is 16.7 Å². The van der Waals surface area contributed by atoms with Crippen LogP contribution in [0.2, 0.25) is 5.02 Å². The molecule has 2 rings (SSSR count). The molecule has 0 saturated heterocycles. The molecule has 0 aliphatic rings. The number of nitrogens with one attached hydrogen (secondary N) is 1. The number of aryl methyl sites for hydroxylation is 2. The first-order valence-electron chi connectivity index (χ1n) is 7.18. The standard InChI is InChI=1S/C18H23ClN2/c1-12-8-13(2)10-15(9-12)14(3)20-17-11-16(19)6-7-18(17)21(4)5/h6-11,14,20H,1-5H3. The lowest BCUT2D eigenvalue weighted by molar-refractivity contribution is 0.879. The molecule has 0 spiro atoms. The van der Waals surface area contributed by atoms with Crippen molar-refractivity contribution in [2.24, 2.45) is 0 Å². The van der Waals surface area contributed by atoms with Gasteiger partial charge >= 0.3 is 0 Å². The minimum absolute atomic E-state index is 0.223. The second kappa shape index (κ2) is 6.40. The Balaban J connectivity index is 2.30. The van der Waals surface area contributed by atoms with Crippen molar-refractivity contribution in [3.05, 3.63) is 58.1 Å². The van der Waals surface area contributed by atoms with E-state index in [4.69, 9.17) is 11.6 Å². The predicted molar refractivity (Wildman–Crippen MR) is 93.7 cm³/mol. The quantitative estimate of drug-likeness (QED) is 0.835.